The summed E-state index contributed by atoms with van der Waals surface area (Å²) in [4.78, 5) is 25.6. The van der Waals surface area contributed by atoms with E-state index in [0.29, 0.717) is 19.4 Å². The second-order valence-electron chi connectivity index (χ2n) is 9.88. The molecule has 0 aromatic rings. The normalized spacial score (nSPS) is 20.0. The second-order valence-corrected chi connectivity index (χ2v) is 9.88. The molecule has 2 atom stereocenters. The largest absolute Gasteiger partial charge is 0.465 e. The van der Waals surface area contributed by atoms with Crippen molar-refractivity contribution in [2.24, 2.45) is 5.92 Å². The van der Waals surface area contributed by atoms with Gasteiger partial charge in [0.1, 0.15) is 6.61 Å². The molecule has 35 heavy (non-hydrogen) atoms. The lowest BCUT2D eigenvalue weighted by atomic mass is 9.75. The van der Waals surface area contributed by atoms with Crippen LogP contribution in [0, 0.1) is 5.92 Å². The lowest BCUT2D eigenvalue weighted by molar-refractivity contribution is -0.198. The molecule has 0 heterocycles. The van der Waals surface area contributed by atoms with Crippen LogP contribution in [-0.2, 0) is 23.8 Å². The highest BCUT2D eigenvalue weighted by molar-refractivity contribution is 5.88. The predicted molar refractivity (Wildman–Crippen MR) is 137 cm³/mol. The Hall–Kier alpha value is -1.18. The SMILES string of the molecule is CCCCCCCCCCCCCCCCOC(=O)C1CCCCC1(OCCO)C(=O)OCCO. The number of hydrogen-bond donors (Lipinski definition) is 2. The van der Waals surface area contributed by atoms with Crippen LogP contribution in [0.1, 0.15) is 122 Å². The second kappa shape index (κ2) is 21.0. The third kappa shape index (κ3) is 13.1. The smallest absolute Gasteiger partial charge is 0.339 e. The Morgan fingerprint density at radius 3 is 1.80 bits per heavy atom. The van der Waals surface area contributed by atoms with Crippen LogP contribution in [0.3, 0.4) is 0 Å². The Balaban J connectivity index is 2.23. The predicted octanol–water partition coefficient (Wildman–Crippen LogP) is 5.48. The van der Waals surface area contributed by atoms with Gasteiger partial charge in [0.2, 0.25) is 0 Å². The quantitative estimate of drug-likeness (QED) is 0.150. The van der Waals surface area contributed by atoms with Gasteiger partial charge in [-0.05, 0) is 25.7 Å². The van der Waals surface area contributed by atoms with Crippen LogP contribution in [0.25, 0.3) is 0 Å². The van der Waals surface area contributed by atoms with Crippen molar-refractivity contribution in [1.29, 1.82) is 0 Å². The molecule has 7 heteroatoms. The molecule has 2 N–H and O–H groups in total. The van der Waals surface area contributed by atoms with E-state index < -0.39 is 23.5 Å². The first-order chi connectivity index (χ1) is 17.1. The zero-order valence-electron chi connectivity index (χ0n) is 22.3. The fourth-order valence-electron chi connectivity index (χ4n) is 4.99. The summed E-state index contributed by atoms with van der Waals surface area (Å²) in [6, 6.07) is 0. The summed E-state index contributed by atoms with van der Waals surface area (Å²) < 4.78 is 16.4. The Labute approximate surface area is 213 Å². The molecule has 1 aliphatic carbocycles. The first-order valence-electron chi connectivity index (χ1n) is 14.3. The van der Waals surface area contributed by atoms with Gasteiger partial charge in [0.05, 0.1) is 32.3 Å². The van der Waals surface area contributed by atoms with Crippen molar-refractivity contribution in [1.82, 2.24) is 0 Å². The minimum atomic E-state index is -1.44. The molecule has 0 saturated heterocycles. The fourth-order valence-corrected chi connectivity index (χ4v) is 4.99. The number of unbranched alkanes of at least 4 members (excludes halogenated alkanes) is 13. The van der Waals surface area contributed by atoms with E-state index >= 15 is 0 Å². The number of esters is 2. The molecule has 0 amide bonds. The topological polar surface area (TPSA) is 102 Å². The van der Waals surface area contributed by atoms with Crippen LogP contribution in [0.4, 0.5) is 0 Å². The van der Waals surface area contributed by atoms with Gasteiger partial charge < -0.3 is 24.4 Å². The molecular weight excluding hydrogens is 448 g/mol. The van der Waals surface area contributed by atoms with E-state index in [-0.39, 0.29) is 26.4 Å². The van der Waals surface area contributed by atoms with Crippen LogP contribution in [-0.4, -0.2) is 60.8 Å². The van der Waals surface area contributed by atoms with Gasteiger partial charge in [-0.25, -0.2) is 4.79 Å². The third-order valence-corrected chi connectivity index (χ3v) is 7.00. The Bertz CT molecular complexity index is 539. The molecule has 2 unspecified atom stereocenters. The monoisotopic (exact) mass is 500 g/mol. The number of carbonyl (C=O) groups is 2. The fraction of sp³-hybridized carbons (Fsp3) is 0.929. The van der Waals surface area contributed by atoms with E-state index in [9.17, 15) is 14.7 Å². The van der Waals surface area contributed by atoms with Crippen LogP contribution in [0.5, 0.6) is 0 Å². The van der Waals surface area contributed by atoms with Crippen molar-refractivity contribution in [3.05, 3.63) is 0 Å². The van der Waals surface area contributed by atoms with Crippen LogP contribution < -0.4 is 0 Å². The Kier molecular flexibility index (Phi) is 19.1. The Morgan fingerprint density at radius 1 is 0.714 bits per heavy atom. The van der Waals surface area contributed by atoms with Crippen LogP contribution in [0.15, 0.2) is 0 Å². The van der Waals surface area contributed by atoms with Crippen molar-refractivity contribution < 1.29 is 34.0 Å². The number of aliphatic hydroxyl groups excluding tert-OH is 2. The molecule has 1 rings (SSSR count). The van der Waals surface area contributed by atoms with Gasteiger partial charge >= 0.3 is 11.9 Å². The third-order valence-electron chi connectivity index (χ3n) is 7.00. The van der Waals surface area contributed by atoms with Gasteiger partial charge in [-0.15, -0.1) is 0 Å². The van der Waals surface area contributed by atoms with E-state index in [1.54, 1.807) is 0 Å². The van der Waals surface area contributed by atoms with E-state index in [4.69, 9.17) is 19.3 Å². The highest BCUT2D eigenvalue weighted by atomic mass is 16.6. The zero-order valence-corrected chi connectivity index (χ0v) is 22.3. The average molecular weight is 501 g/mol. The number of rotatable bonds is 22. The standard InChI is InChI=1S/C28H52O7/c1-2-3-4-5-6-7-8-9-10-11-12-13-14-17-22-33-26(31)25-18-15-16-19-28(25,35-24-21-30)27(32)34-23-20-29/h25,29-30H,2-24H2,1H3. The molecule has 0 aromatic heterocycles. The molecule has 0 aliphatic heterocycles. The summed E-state index contributed by atoms with van der Waals surface area (Å²) in [6.07, 6.45) is 20.1. The Morgan fingerprint density at radius 2 is 1.26 bits per heavy atom. The number of hydrogen-bond acceptors (Lipinski definition) is 7. The van der Waals surface area contributed by atoms with Gasteiger partial charge in [0.15, 0.2) is 5.60 Å². The summed E-state index contributed by atoms with van der Waals surface area (Å²) in [5, 5.41) is 18.2. The highest BCUT2D eigenvalue weighted by Crippen LogP contribution is 2.39. The van der Waals surface area contributed by atoms with Crippen LogP contribution in [0.2, 0.25) is 0 Å². The van der Waals surface area contributed by atoms with Gasteiger partial charge in [-0.1, -0.05) is 96.8 Å². The van der Waals surface area contributed by atoms with E-state index in [2.05, 4.69) is 6.92 Å². The number of carbonyl (C=O) groups excluding carboxylic acids is 2. The zero-order chi connectivity index (χ0) is 25.6. The summed E-state index contributed by atoms with van der Waals surface area (Å²) in [7, 11) is 0. The number of aliphatic hydroxyl groups is 2. The molecular formula is C28H52O7. The summed E-state index contributed by atoms with van der Waals surface area (Å²) in [6.45, 7) is 1.84. The first-order valence-corrected chi connectivity index (χ1v) is 14.3. The maximum atomic E-state index is 12.9. The van der Waals surface area contributed by atoms with Gasteiger partial charge in [0.25, 0.3) is 0 Å². The first kappa shape index (κ1) is 31.8. The van der Waals surface area contributed by atoms with Crippen molar-refractivity contribution in [2.75, 3.05) is 33.0 Å². The molecule has 0 aromatic carbocycles. The summed E-state index contributed by atoms with van der Waals surface area (Å²) in [5.41, 5.74) is -1.44. The van der Waals surface area contributed by atoms with Gasteiger partial charge in [-0.2, -0.15) is 0 Å². The van der Waals surface area contributed by atoms with Crippen molar-refractivity contribution in [2.45, 2.75) is 128 Å². The van der Waals surface area contributed by atoms with Crippen molar-refractivity contribution >= 4 is 11.9 Å². The maximum absolute atomic E-state index is 12.9. The summed E-state index contributed by atoms with van der Waals surface area (Å²) in [5.74, 6) is -1.84. The van der Waals surface area contributed by atoms with E-state index in [0.717, 1.165) is 32.1 Å². The minimum absolute atomic E-state index is 0.0586. The van der Waals surface area contributed by atoms with E-state index in [1.807, 2.05) is 0 Å². The maximum Gasteiger partial charge on any atom is 0.339 e. The lowest BCUT2D eigenvalue weighted by Gasteiger charge is -2.40. The van der Waals surface area contributed by atoms with Crippen molar-refractivity contribution in [3.63, 3.8) is 0 Å². The van der Waals surface area contributed by atoms with Gasteiger partial charge in [-0.3, -0.25) is 4.79 Å². The molecule has 0 radical (unpaired) electrons. The molecule has 1 aliphatic rings. The molecule has 0 spiro atoms. The number of ether oxygens (including phenoxy) is 3. The molecule has 7 nitrogen and oxygen atoms in total. The molecule has 1 saturated carbocycles. The summed E-state index contributed by atoms with van der Waals surface area (Å²) >= 11 is 0. The van der Waals surface area contributed by atoms with Crippen LogP contribution >= 0.6 is 0 Å². The van der Waals surface area contributed by atoms with Gasteiger partial charge in [0, 0.05) is 0 Å². The van der Waals surface area contributed by atoms with Crippen molar-refractivity contribution in [3.8, 4) is 0 Å². The molecule has 1 fully saturated rings. The molecule has 0 bridgehead atoms. The van der Waals surface area contributed by atoms with E-state index in [1.165, 1.54) is 70.6 Å². The lowest BCUT2D eigenvalue weighted by Crippen LogP contribution is -2.55. The average Bonchev–Trinajstić information content (AvgIpc) is 2.88. The molecule has 206 valence electrons. The highest BCUT2D eigenvalue weighted by Gasteiger charge is 2.53. The minimum Gasteiger partial charge on any atom is -0.465 e.